The smallest absolute Gasteiger partial charge is 0.418 e. The van der Waals surface area contributed by atoms with E-state index in [0.717, 1.165) is 17.2 Å². The lowest BCUT2D eigenvalue weighted by Crippen LogP contribution is -2.33. The fourth-order valence-corrected chi connectivity index (χ4v) is 3.03. The predicted molar refractivity (Wildman–Crippen MR) is 111 cm³/mol. The molecule has 170 valence electrons. The van der Waals surface area contributed by atoms with Crippen LogP contribution >= 0.6 is 0 Å². The summed E-state index contributed by atoms with van der Waals surface area (Å²) in [6.07, 6.45) is -4.30. The standard InChI is InChI=1S/C22H23F3N4O3/c1-14-10-15(2)12-16(11-14)31-13-20-27-19(28-32-20)8-9-29(3)21(30)26-18-7-5-4-6-17(18)22(23,24)25/h4-7,10-12H,8-9,13H2,1-3H3,(H,26,30). The van der Waals surface area contributed by atoms with Gasteiger partial charge in [-0.1, -0.05) is 23.4 Å². The van der Waals surface area contributed by atoms with E-state index in [2.05, 4.69) is 15.5 Å². The maximum Gasteiger partial charge on any atom is 0.418 e. The Kier molecular flexibility index (Phi) is 7.01. The van der Waals surface area contributed by atoms with Crippen molar-refractivity contribution < 1.29 is 27.2 Å². The fraction of sp³-hybridized carbons (Fsp3) is 0.318. The Morgan fingerprint density at radius 1 is 1.16 bits per heavy atom. The van der Waals surface area contributed by atoms with E-state index in [1.165, 1.54) is 30.1 Å². The molecule has 7 nitrogen and oxygen atoms in total. The third-order valence-electron chi connectivity index (χ3n) is 4.56. The van der Waals surface area contributed by atoms with Crippen LogP contribution in [0.3, 0.4) is 0 Å². The van der Waals surface area contributed by atoms with Crippen molar-refractivity contribution >= 4 is 11.7 Å². The average Bonchev–Trinajstić information content (AvgIpc) is 3.17. The molecular weight excluding hydrogens is 425 g/mol. The lowest BCUT2D eigenvalue weighted by Gasteiger charge is -2.19. The van der Waals surface area contributed by atoms with Gasteiger partial charge in [-0.15, -0.1) is 0 Å². The molecule has 1 N–H and O–H groups in total. The van der Waals surface area contributed by atoms with Crippen LogP contribution < -0.4 is 10.1 Å². The zero-order chi connectivity index (χ0) is 23.3. The largest absolute Gasteiger partial charge is 0.484 e. The molecule has 0 aliphatic heterocycles. The number of ether oxygens (including phenoxy) is 1. The minimum Gasteiger partial charge on any atom is -0.484 e. The quantitative estimate of drug-likeness (QED) is 0.551. The number of carbonyl (C=O) groups is 1. The summed E-state index contributed by atoms with van der Waals surface area (Å²) >= 11 is 0. The number of alkyl halides is 3. The highest BCUT2D eigenvalue weighted by Gasteiger charge is 2.33. The van der Waals surface area contributed by atoms with E-state index in [1.807, 2.05) is 32.0 Å². The summed E-state index contributed by atoms with van der Waals surface area (Å²) in [5.41, 5.74) is 0.936. The van der Waals surface area contributed by atoms with Gasteiger partial charge in [-0.25, -0.2) is 4.79 Å². The number of carbonyl (C=O) groups excluding carboxylic acids is 1. The van der Waals surface area contributed by atoms with Crippen LogP contribution in [0.15, 0.2) is 47.0 Å². The number of rotatable bonds is 7. The molecule has 1 aromatic heterocycles. The number of aromatic nitrogens is 2. The molecule has 32 heavy (non-hydrogen) atoms. The highest BCUT2D eigenvalue weighted by Crippen LogP contribution is 2.34. The molecule has 0 bridgehead atoms. The predicted octanol–water partition coefficient (Wildman–Crippen LogP) is 4.99. The monoisotopic (exact) mass is 448 g/mol. The van der Waals surface area contributed by atoms with Gasteiger partial charge in [0.15, 0.2) is 12.4 Å². The van der Waals surface area contributed by atoms with Gasteiger partial charge in [0.05, 0.1) is 11.3 Å². The molecular formula is C22H23F3N4O3. The zero-order valence-electron chi connectivity index (χ0n) is 17.9. The molecule has 0 atom stereocenters. The summed E-state index contributed by atoms with van der Waals surface area (Å²) < 4.78 is 50.1. The molecule has 0 aliphatic rings. The molecule has 0 aliphatic carbocycles. The number of hydrogen-bond donors (Lipinski definition) is 1. The van der Waals surface area contributed by atoms with Crippen LogP contribution in [0.2, 0.25) is 0 Å². The van der Waals surface area contributed by atoms with Gasteiger partial charge in [0.1, 0.15) is 5.75 Å². The highest BCUT2D eigenvalue weighted by molar-refractivity contribution is 5.90. The first-order valence-electron chi connectivity index (χ1n) is 9.82. The molecule has 0 saturated heterocycles. The normalized spacial score (nSPS) is 11.3. The van der Waals surface area contributed by atoms with Crippen LogP contribution in [0.4, 0.5) is 23.7 Å². The second-order valence-corrected chi connectivity index (χ2v) is 7.36. The molecule has 1 heterocycles. The van der Waals surface area contributed by atoms with Crippen LogP contribution in [-0.2, 0) is 19.2 Å². The summed E-state index contributed by atoms with van der Waals surface area (Å²) in [5.74, 6) is 1.34. The van der Waals surface area contributed by atoms with Crippen molar-refractivity contribution in [3.8, 4) is 5.75 Å². The van der Waals surface area contributed by atoms with E-state index in [4.69, 9.17) is 9.26 Å². The first kappa shape index (κ1) is 23.1. The number of para-hydroxylation sites is 1. The molecule has 3 aromatic rings. The third-order valence-corrected chi connectivity index (χ3v) is 4.56. The zero-order valence-corrected chi connectivity index (χ0v) is 17.9. The van der Waals surface area contributed by atoms with Gasteiger partial charge in [0.25, 0.3) is 5.89 Å². The Morgan fingerprint density at radius 2 is 1.84 bits per heavy atom. The molecule has 0 spiro atoms. The molecule has 0 radical (unpaired) electrons. The minimum absolute atomic E-state index is 0.0977. The fourth-order valence-electron chi connectivity index (χ4n) is 3.03. The number of nitrogens with one attached hydrogen (secondary N) is 1. The molecule has 10 heteroatoms. The van der Waals surface area contributed by atoms with Gasteiger partial charge in [0.2, 0.25) is 0 Å². The van der Waals surface area contributed by atoms with E-state index in [9.17, 15) is 18.0 Å². The van der Waals surface area contributed by atoms with Gasteiger partial charge in [-0.3, -0.25) is 0 Å². The SMILES string of the molecule is Cc1cc(C)cc(OCc2nc(CCN(C)C(=O)Nc3ccccc3C(F)(F)F)no2)c1. The van der Waals surface area contributed by atoms with Gasteiger partial charge in [0, 0.05) is 20.0 Å². The van der Waals surface area contributed by atoms with E-state index < -0.39 is 17.8 Å². The van der Waals surface area contributed by atoms with Crippen LogP contribution in [0.25, 0.3) is 0 Å². The average molecular weight is 448 g/mol. The maximum absolute atomic E-state index is 13.1. The number of aryl methyl sites for hydroxylation is 2. The molecule has 2 aromatic carbocycles. The second-order valence-electron chi connectivity index (χ2n) is 7.36. The summed E-state index contributed by atoms with van der Waals surface area (Å²) in [4.78, 5) is 17.8. The van der Waals surface area contributed by atoms with E-state index in [-0.39, 0.29) is 31.2 Å². The van der Waals surface area contributed by atoms with Crippen molar-refractivity contribution in [1.82, 2.24) is 15.0 Å². The van der Waals surface area contributed by atoms with Crippen molar-refractivity contribution in [2.24, 2.45) is 0 Å². The highest BCUT2D eigenvalue weighted by atomic mass is 19.4. The number of urea groups is 1. The summed E-state index contributed by atoms with van der Waals surface area (Å²) in [6, 6.07) is 9.96. The Bertz CT molecular complexity index is 1060. The van der Waals surface area contributed by atoms with Gasteiger partial charge in [-0.2, -0.15) is 18.2 Å². The number of nitrogens with zero attached hydrogens (tertiary/aromatic N) is 3. The van der Waals surface area contributed by atoms with Gasteiger partial charge in [-0.05, 0) is 49.2 Å². The summed E-state index contributed by atoms with van der Waals surface area (Å²) in [6.45, 7) is 4.22. The van der Waals surface area contributed by atoms with Crippen LogP contribution in [0, 0.1) is 13.8 Å². The van der Waals surface area contributed by atoms with Crippen molar-refractivity contribution in [3.05, 3.63) is 70.9 Å². The lowest BCUT2D eigenvalue weighted by molar-refractivity contribution is -0.136. The third kappa shape index (κ3) is 6.22. The van der Waals surface area contributed by atoms with Crippen molar-refractivity contribution in [1.29, 1.82) is 0 Å². The van der Waals surface area contributed by atoms with E-state index in [0.29, 0.717) is 11.6 Å². The second kappa shape index (κ2) is 9.71. The minimum atomic E-state index is -4.57. The van der Waals surface area contributed by atoms with Gasteiger partial charge >= 0.3 is 12.2 Å². The molecule has 0 saturated carbocycles. The van der Waals surface area contributed by atoms with Crippen molar-refractivity contribution in [2.45, 2.75) is 33.1 Å². The number of halogens is 3. The van der Waals surface area contributed by atoms with Crippen molar-refractivity contribution in [3.63, 3.8) is 0 Å². The number of benzene rings is 2. The Balaban J connectivity index is 1.52. The van der Waals surface area contributed by atoms with Gasteiger partial charge < -0.3 is 19.5 Å². The van der Waals surface area contributed by atoms with Crippen LogP contribution in [0.5, 0.6) is 5.75 Å². The number of amides is 2. The topological polar surface area (TPSA) is 80.5 Å². The Labute approximate surface area is 183 Å². The first-order valence-corrected chi connectivity index (χ1v) is 9.82. The summed E-state index contributed by atoms with van der Waals surface area (Å²) in [5, 5.41) is 6.14. The lowest BCUT2D eigenvalue weighted by atomic mass is 10.1. The molecule has 3 rings (SSSR count). The number of anilines is 1. The molecule has 0 unspecified atom stereocenters. The van der Waals surface area contributed by atoms with E-state index in [1.54, 1.807) is 0 Å². The number of likely N-dealkylation sites (N-methyl/N-ethyl adjacent to an activating group) is 1. The summed E-state index contributed by atoms with van der Waals surface area (Å²) in [7, 11) is 1.47. The van der Waals surface area contributed by atoms with Crippen molar-refractivity contribution in [2.75, 3.05) is 18.9 Å². The maximum atomic E-state index is 13.1. The molecule has 0 fully saturated rings. The number of hydrogen-bond acceptors (Lipinski definition) is 5. The Morgan fingerprint density at radius 3 is 2.53 bits per heavy atom. The van der Waals surface area contributed by atoms with E-state index >= 15 is 0 Å². The first-order chi connectivity index (χ1) is 15.1. The van der Waals surface area contributed by atoms with Crippen LogP contribution in [0.1, 0.15) is 28.4 Å². The Hall–Kier alpha value is -3.56. The molecule has 2 amide bonds. The van der Waals surface area contributed by atoms with Crippen LogP contribution in [-0.4, -0.2) is 34.7 Å².